The van der Waals surface area contributed by atoms with Crippen molar-refractivity contribution in [2.45, 2.75) is 12.8 Å². The van der Waals surface area contributed by atoms with Gasteiger partial charge in [0.25, 0.3) is 0 Å². The topological polar surface area (TPSA) is 35.5 Å². The van der Waals surface area contributed by atoms with Gasteiger partial charge in [0.15, 0.2) is 0 Å². The van der Waals surface area contributed by atoms with Gasteiger partial charge in [0.2, 0.25) is 0 Å². The first-order chi connectivity index (χ1) is 13.1. The zero-order chi connectivity index (χ0) is 18.8. The lowest BCUT2D eigenvalue weighted by molar-refractivity contribution is -0.134. The van der Waals surface area contributed by atoms with E-state index in [1.54, 1.807) is 0 Å². The molecular formula is C23H17BrO3. The lowest BCUT2D eigenvalue weighted by Crippen LogP contribution is -2.10. The van der Waals surface area contributed by atoms with E-state index in [0.717, 1.165) is 32.7 Å². The lowest BCUT2D eigenvalue weighted by Gasteiger charge is -2.26. The molecule has 0 N–H and O–H groups in total. The minimum Gasteiger partial charge on any atom is -0.457 e. The van der Waals surface area contributed by atoms with E-state index in [2.05, 4.69) is 15.9 Å². The summed E-state index contributed by atoms with van der Waals surface area (Å²) in [5.41, 5.74) is 2.92. The second kappa shape index (κ2) is 7.41. The highest BCUT2D eigenvalue weighted by Gasteiger charge is 2.26. The minimum atomic E-state index is -0.349. The van der Waals surface area contributed by atoms with E-state index in [4.69, 9.17) is 9.47 Å². The van der Waals surface area contributed by atoms with E-state index in [1.165, 1.54) is 6.92 Å². The molecule has 1 aliphatic heterocycles. The highest BCUT2D eigenvalue weighted by molar-refractivity contribution is 9.10. The van der Waals surface area contributed by atoms with Crippen molar-refractivity contribution < 1.29 is 14.3 Å². The van der Waals surface area contributed by atoms with Crippen LogP contribution < -0.4 is 4.74 Å². The molecule has 0 fully saturated rings. The molecule has 3 aromatic rings. The van der Waals surface area contributed by atoms with Crippen molar-refractivity contribution in [3.63, 3.8) is 0 Å². The molecule has 0 spiro atoms. The molecule has 0 bridgehead atoms. The van der Waals surface area contributed by atoms with Crippen LogP contribution in [0, 0.1) is 0 Å². The van der Waals surface area contributed by atoms with Crippen molar-refractivity contribution in [3.05, 3.63) is 100 Å². The normalized spacial score (nSPS) is 13.3. The van der Waals surface area contributed by atoms with Gasteiger partial charge in [-0.1, -0.05) is 64.5 Å². The van der Waals surface area contributed by atoms with Gasteiger partial charge in [0.1, 0.15) is 17.3 Å². The molecule has 0 atom stereocenters. The molecule has 0 aliphatic carbocycles. The number of para-hydroxylation sites is 2. The molecule has 0 radical (unpaired) electrons. The molecule has 0 aromatic heterocycles. The third-order valence-electron chi connectivity index (χ3n) is 4.43. The Hall–Kier alpha value is -2.85. The van der Waals surface area contributed by atoms with Gasteiger partial charge >= 0.3 is 5.97 Å². The van der Waals surface area contributed by atoms with Crippen molar-refractivity contribution in [1.82, 2.24) is 0 Å². The number of halogens is 1. The van der Waals surface area contributed by atoms with E-state index in [9.17, 15) is 4.79 Å². The summed E-state index contributed by atoms with van der Waals surface area (Å²) in [5.74, 6) is 1.74. The third kappa shape index (κ3) is 3.67. The second-order valence-corrected chi connectivity index (χ2v) is 7.20. The molecule has 1 heterocycles. The molecule has 3 aromatic carbocycles. The molecule has 0 saturated heterocycles. The summed E-state index contributed by atoms with van der Waals surface area (Å²) in [6, 6.07) is 23.6. The Kier molecular flexibility index (Phi) is 4.82. The van der Waals surface area contributed by atoms with E-state index in [1.807, 2.05) is 78.9 Å². The SMILES string of the molecule is CC(=O)OC(=CC1c2ccccc2Oc2ccccc21)c1ccc(Br)cc1. The number of carbonyl (C=O) groups excluding carboxylic acids is 1. The summed E-state index contributed by atoms with van der Waals surface area (Å²) in [6.07, 6.45) is 1.99. The van der Waals surface area contributed by atoms with E-state index < -0.39 is 0 Å². The van der Waals surface area contributed by atoms with Crippen LogP contribution in [0.1, 0.15) is 29.5 Å². The number of allylic oxidation sites excluding steroid dienone is 1. The highest BCUT2D eigenvalue weighted by Crippen LogP contribution is 2.45. The monoisotopic (exact) mass is 420 g/mol. The predicted octanol–water partition coefficient (Wildman–Crippen LogP) is 6.29. The van der Waals surface area contributed by atoms with Crippen LogP contribution in [-0.2, 0) is 9.53 Å². The summed E-state index contributed by atoms with van der Waals surface area (Å²) >= 11 is 3.44. The summed E-state index contributed by atoms with van der Waals surface area (Å²) in [5, 5.41) is 0. The number of esters is 1. The van der Waals surface area contributed by atoms with Gasteiger partial charge in [-0.3, -0.25) is 4.79 Å². The maximum Gasteiger partial charge on any atom is 0.308 e. The van der Waals surface area contributed by atoms with Crippen molar-refractivity contribution in [1.29, 1.82) is 0 Å². The van der Waals surface area contributed by atoms with Crippen LogP contribution >= 0.6 is 15.9 Å². The molecule has 0 amide bonds. The van der Waals surface area contributed by atoms with Crippen LogP contribution in [0.4, 0.5) is 0 Å². The Morgan fingerprint density at radius 2 is 1.48 bits per heavy atom. The van der Waals surface area contributed by atoms with Crippen LogP contribution in [0.15, 0.2) is 83.3 Å². The predicted molar refractivity (Wildman–Crippen MR) is 109 cm³/mol. The molecular weight excluding hydrogens is 404 g/mol. The number of rotatable bonds is 3. The van der Waals surface area contributed by atoms with E-state index in [-0.39, 0.29) is 11.9 Å². The molecule has 4 rings (SSSR count). The largest absolute Gasteiger partial charge is 0.457 e. The maximum absolute atomic E-state index is 11.7. The fourth-order valence-electron chi connectivity index (χ4n) is 3.24. The van der Waals surface area contributed by atoms with Crippen LogP contribution in [0.25, 0.3) is 5.76 Å². The Balaban J connectivity index is 1.87. The van der Waals surface area contributed by atoms with Crippen molar-refractivity contribution in [3.8, 4) is 11.5 Å². The number of carbonyl (C=O) groups is 1. The third-order valence-corrected chi connectivity index (χ3v) is 4.96. The first-order valence-electron chi connectivity index (χ1n) is 8.64. The molecule has 134 valence electrons. The van der Waals surface area contributed by atoms with Crippen LogP contribution in [0.5, 0.6) is 11.5 Å². The quantitative estimate of drug-likeness (QED) is 0.368. The fraction of sp³-hybridized carbons (Fsp3) is 0.0870. The first-order valence-corrected chi connectivity index (χ1v) is 9.43. The lowest BCUT2D eigenvalue weighted by atomic mass is 9.87. The molecule has 0 saturated carbocycles. The van der Waals surface area contributed by atoms with Crippen LogP contribution in [0.2, 0.25) is 0 Å². The van der Waals surface area contributed by atoms with Crippen molar-refractivity contribution in [2.75, 3.05) is 0 Å². The average molecular weight is 421 g/mol. The number of benzene rings is 3. The van der Waals surface area contributed by atoms with E-state index >= 15 is 0 Å². The minimum absolute atomic E-state index is 0.0795. The smallest absolute Gasteiger partial charge is 0.308 e. The van der Waals surface area contributed by atoms with Gasteiger partial charge in [-0.2, -0.15) is 0 Å². The summed E-state index contributed by atoms with van der Waals surface area (Å²) in [6.45, 7) is 1.42. The number of ether oxygens (including phenoxy) is 2. The van der Waals surface area contributed by atoms with Crippen molar-refractivity contribution >= 4 is 27.7 Å². The number of fused-ring (bicyclic) bond motifs is 2. The molecule has 0 unspecified atom stereocenters. The maximum atomic E-state index is 11.7. The van der Waals surface area contributed by atoms with Crippen LogP contribution in [-0.4, -0.2) is 5.97 Å². The highest BCUT2D eigenvalue weighted by atomic mass is 79.9. The van der Waals surface area contributed by atoms with Gasteiger partial charge in [-0.15, -0.1) is 0 Å². The Bertz CT molecular complexity index is 976. The summed E-state index contributed by atoms with van der Waals surface area (Å²) in [7, 11) is 0. The fourth-order valence-corrected chi connectivity index (χ4v) is 3.50. The molecule has 27 heavy (non-hydrogen) atoms. The number of hydrogen-bond donors (Lipinski definition) is 0. The molecule has 1 aliphatic rings. The van der Waals surface area contributed by atoms with Gasteiger partial charge in [-0.25, -0.2) is 0 Å². The zero-order valence-corrected chi connectivity index (χ0v) is 16.3. The molecule has 4 heteroatoms. The average Bonchev–Trinajstić information content (AvgIpc) is 2.67. The Labute approximate surface area is 166 Å². The first kappa shape index (κ1) is 17.6. The van der Waals surface area contributed by atoms with Crippen LogP contribution in [0.3, 0.4) is 0 Å². The Morgan fingerprint density at radius 3 is 2.04 bits per heavy atom. The van der Waals surface area contributed by atoms with Gasteiger partial charge in [-0.05, 0) is 30.3 Å². The zero-order valence-electron chi connectivity index (χ0n) is 14.7. The second-order valence-electron chi connectivity index (χ2n) is 6.29. The van der Waals surface area contributed by atoms with Crippen molar-refractivity contribution in [2.24, 2.45) is 0 Å². The Morgan fingerprint density at radius 1 is 0.926 bits per heavy atom. The van der Waals surface area contributed by atoms with Gasteiger partial charge < -0.3 is 9.47 Å². The van der Waals surface area contributed by atoms with Gasteiger partial charge in [0, 0.05) is 34.0 Å². The summed E-state index contributed by atoms with van der Waals surface area (Å²) in [4.78, 5) is 11.7. The molecule has 3 nitrogen and oxygen atoms in total. The van der Waals surface area contributed by atoms with E-state index in [0.29, 0.717) is 5.76 Å². The summed E-state index contributed by atoms with van der Waals surface area (Å²) < 4.78 is 12.6. The number of hydrogen-bond acceptors (Lipinski definition) is 3. The van der Waals surface area contributed by atoms with Gasteiger partial charge in [0.05, 0.1) is 0 Å². The standard InChI is InChI=1S/C23H17BrO3/c1-15(25)26-23(16-10-12-17(24)13-11-16)14-20-18-6-2-4-8-21(18)27-22-9-5-3-7-19(20)22/h2-14,20H,1H3.